The number of anilines is 2. The van der Waals surface area contributed by atoms with Gasteiger partial charge in [0.15, 0.2) is 0 Å². The lowest BCUT2D eigenvalue weighted by Gasteiger charge is -2.12. The number of amides is 1. The maximum absolute atomic E-state index is 12.2. The molecule has 1 unspecified atom stereocenters. The van der Waals surface area contributed by atoms with Gasteiger partial charge in [-0.3, -0.25) is 4.79 Å². The third-order valence-electron chi connectivity index (χ3n) is 4.88. The second kappa shape index (κ2) is 10.5. The number of benzene rings is 3. The van der Waals surface area contributed by atoms with E-state index >= 15 is 0 Å². The van der Waals surface area contributed by atoms with E-state index in [1.54, 1.807) is 0 Å². The van der Waals surface area contributed by atoms with Crippen LogP contribution < -0.4 is 20.1 Å². The molecule has 3 aromatic rings. The van der Waals surface area contributed by atoms with E-state index in [2.05, 4.69) is 10.6 Å². The van der Waals surface area contributed by atoms with E-state index < -0.39 is 0 Å². The zero-order valence-corrected chi connectivity index (χ0v) is 17.3. The first-order valence-electron chi connectivity index (χ1n) is 10.5. The molecule has 0 radical (unpaired) electrons. The highest BCUT2D eigenvalue weighted by Crippen LogP contribution is 2.23. The molecule has 4 rings (SSSR count). The Morgan fingerprint density at radius 2 is 1.55 bits per heavy atom. The largest absolute Gasteiger partial charge is 0.491 e. The summed E-state index contributed by atoms with van der Waals surface area (Å²) in [5, 5.41) is 5.99. The van der Waals surface area contributed by atoms with Crippen LogP contribution in [0.3, 0.4) is 0 Å². The fourth-order valence-electron chi connectivity index (χ4n) is 3.25. The molecule has 1 amide bonds. The molecule has 0 aromatic heterocycles. The van der Waals surface area contributed by atoms with Crippen molar-refractivity contribution in [1.29, 1.82) is 0 Å². The van der Waals surface area contributed by atoms with Crippen molar-refractivity contribution in [3.05, 3.63) is 78.9 Å². The maximum atomic E-state index is 12.2. The fraction of sp³-hybridized carbons (Fsp3) is 0.240. The molecule has 1 aliphatic heterocycles. The molecule has 1 fully saturated rings. The standard InChI is InChI=1S/C25H26N2O4/c28-25(27-20-10-14-23(15-11-20)31-22-5-2-1-3-6-22)17-26-19-8-12-21(13-9-19)30-18-24-7-4-16-29-24/h1-3,5-6,8-15,24,26H,4,7,16-18H2,(H,27,28). The number of rotatable bonds is 9. The van der Waals surface area contributed by atoms with Crippen LogP contribution in [0.25, 0.3) is 0 Å². The van der Waals surface area contributed by atoms with Crippen LogP contribution >= 0.6 is 0 Å². The first kappa shape index (κ1) is 20.8. The zero-order valence-electron chi connectivity index (χ0n) is 17.3. The van der Waals surface area contributed by atoms with Crippen LogP contribution in [0.2, 0.25) is 0 Å². The predicted octanol–water partition coefficient (Wildman–Crippen LogP) is 5.09. The van der Waals surface area contributed by atoms with Crippen LogP contribution in [0.15, 0.2) is 78.9 Å². The quantitative estimate of drug-likeness (QED) is 0.507. The summed E-state index contributed by atoms with van der Waals surface area (Å²) < 4.78 is 17.1. The van der Waals surface area contributed by atoms with Gasteiger partial charge < -0.3 is 24.8 Å². The number of ether oxygens (including phenoxy) is 3. The number of para-hydroxylation sites is 1. The van der Waals surface area contributed by atoms with Crippen LogP contribution in [0, 0.1) is 0 Å². The monoisotopic (exact) mass is 418 g/mol. The average molecular weight is 418 g/mol. The SMILES string of the molecule is O=C(CNc1ccc(OCC2CCCO2)cc1)Nc1ccc(Oc2ccccc2)cc1. The van der Waals surface area contributed by atoms with Crippen molar-refractivity contribution in [2.45, 2.75) is 18.9 Å². The van der Waals surface area contributed by atoms with Gasteiger partial charge in [0, 0.05) is 18.0 Å². The van der Waals surface area contributed by atoms with Gasteiger partial charge >= 0.3 is 0 Å². The molecule has 0 aliphatic carbocycles. The summed E-state index contributed by atoms with van der Waals surface area (Å²) in [6, 6.07) is 24.4. The Kier molecular flexibility index (Phi) is 7.03. The van der Waals surface area contributed by atoms with Gasteiger partial charge in [-0.1, -0.05) is 18.2 Å². The molecule has 0 spiro atoms. The third-order valence-corrected chi connectivity index (χ3v) is 4.88. The van der Waals surface area contributed by atoms with Gasteiger partial charge in [-0.25, -0.2) is 0 Å². The van der Waals surface area contributed by atoms with Gasteiger partial charge in [-0.2, -0.15) is 0 Å². The van der Waals surface area contributed by atoms with Crippen molar-refractivity contribution in [2.75, 3.05) is 30.4 Å². The lowest BCUT2D eigenvalue weighted by Crippen LogP contribution is -2.21. The Labute approximate surface area is 182 Å². The summed E-state index contributed by atoms with van der Waals surface area (Å²) in [5.41, 5.74) is 1.57. The maximum Gasteiger partial charge on any atom is 0.243 e. The molecule has 31 heavy (non-hydrogen) atoms. The molecule has 160 valence electrons. The van der Waals surface area contributed by atoms with Crippen molar-refractivity contribution < 1.29 is 19.0 Å². The van der Waals surface area contributed by atoms with Crippen LogP contribution in [0.5, 0.6) is 17.2 Å². The predicted molar refractivity (Wildman–Crippen MR) is 121 cm³/mol. The van der Waals surface area contributed by atoms with Gasteiger partial charge in [0.1, 0.15) is 23.9 Å². The van der Waals surface area contributed by atoms with E-state index in [4.69, 9.17) is 14.2 Å². The van der Waals surface area contributed by atoms with E-state index in [0.29, 0.717) is 18.0 Å². The Morgan fingerprint density at radius 1 is 0.871 bits per heavy atom. The molecule has 1 atom stereocenters. The van der Waals surface area contributed by atoms with Crippen molar-refractivity contribution in [1.82, 2.24) is 0 Å². The summed E-state index contributed by atoms with van der Waals surface area (Å²) in [4.78, 5) is 12.2. The highest BCUT2D eigenvalue weighted by molar-refractivity contribution is 5.93. The van der Waals surface area contributed by atoms with Gasteiger partial charge in [0.25, 0.3) is 0 Å². The van der Waals surface area contributed by atoms with E-state index in [9.17, 15) is 4.79 Å². The molecule has 1 aliphatic rings. The fourth-order valence-corrected chi connectivity index (χ4v) is 3.25. The summed E-state index contributed by atoms with van der Waals surface area (Å²) >= 11 is 0. The van der Waals surface area contributed by atoms with Crippen molar-refractivity contribution in [3.63, 3.8) is 0 Å². The minimum Gasteiger partial charge on any atom is -0.491 e. The number of carbonyl (C=O) groups excluding carboxylic acids is 1. The van der Waals surface area contributed by atoms with Gasteiger partial charge in [0.2, 0.25) is 5.91 Å². The lowest BCUT2D eigenvalue weighted by atomic mass is 10.2. The molecule has 0 saturated carbocycles. The molecule has 6 heteroatoms. The third kappa shape index (κ3) is 6.49. The second-order valence-corrected chi connectivity index (χ2v) is 7.31. The average Bonchev–Trinajstić information content (AvgIpc) is 3.33. The van der Waals surface area contributed by atoms with Crippen LogP contribution in [0.1, 0.15) is 12.8 Å². The Bertz CT molecular complexity index is 953. The van der Waals surface area contributed by atoms with Crippen LogP contribution in [0.4, 0.5) is 11.4 Å². The molecule has 6 nitrogen and oxygen atoms in total. The van der Waals surface area contributed by atoms with E-state index in [-0.39, 0.29) is 18.6 Å². The minimum atomic E-state index is -0.129. The van der Waals surface area contributed by atoms with Crippen LogP contribution in [-0.4, -0.2) is 31.8 Å². The van der Waals surface area contributed by atoms with Crippen LogP contribution in [-0.2, 0) is 9.53 Å². The zero-order chi connectivity index (χ0) is 21.3. The van der Waals surface area contributed by atoms with Gasteiger partial charge in [-0.15, -0.1) is 0 Å². The second-order valence-electron chi connectivity index (χ2n) is 7.31. The molecule has 3 aromatic carbocycles. The smallest absolute Gasteiger partial charge is 0.243 e. The summed E-state index contributed by atoms with van der Waals surface area (Å²) in [6.45, 7) is 1.56. The lowest BCUT2D eigenvalue weighted by molar-refractivity contribution is -0.114. The van der Waals surface area contributed by atoms with Gasteiger partial charge in [0.05, 0.1) is 12.6 Å². The summed E-state index contributed by atoms with van der Waals surface area (Å²) in [5.74, 6) is 2.15. The van der Waals surface area contributed by atoms with Crippen molar-refractivity contribution >= 4 is 17.3 Å². The normalized spacial score (nSPS) is 15.3. The first-order valence-corrected chi connectivity index (χ1v) is 10.5. The molecular weight excluding hydrogens is 392 g/mol. The molecule has 0 bridgehead atoms. The van der Waals surface area contributed by atoms with E-state index in [1.807, 2.05) is 78.9 Å². The number of hydrogen-bond acceptors (Lipinski definition) is 5. The molecule has 1 saturated heterocycles. The highest BCUT2D eigenvalue weighted by Gasteiger charge is 2.15. The minimum absolute atomic E-state index is 0.129. The van der Waals surface area contributed by atoms with E-state index in [0.717, 1.165) is 36.6 Å². The first-order chi connectivity index (χ1) is 15.2. The summed E-state index contributed by atoms with van der Waals surface area (Å²) in [6.07, 6.45) is 2.35. The Morgan fingerprint density at radius 3 is 2.26 bits per heavy atom. The summed E-state index contributed by atoms with van der Waals surface area (Å²) in [7, 11) is 0. The molecule has 2 N–H and O–H groups in total. The number of hydrogen-bond donors (Lipinski definition) is 2. The van der Waals surface area contributed by atoms with Crippen molar-refractivity contribution in [2.24, 2.45) is 0 Å². The number of nitrogens with one attached hydrogen (secondary N) is 2. The van der Waals surface area contributed by atoms with Crippen molar-refractivity contribution in [3.8, 4) is 17.2 Å². The Hall–Kier alpha value is -3.51. The highest BCUT2D eigenvalue weighted by atomic mass is 16.5. The molecular formula is C25H26N2O4. The Balaban J connectivity index is 1.20. The van der Waals surface area contributed by atoms with E-state index in [1.165, 1.54) is 0 Å². The topological polar surface area (TPSA) is 68.8 Å². The molecule has 1 heterocycles. The van der Waals surface area contributed by atoms with Gasteiger partial charge in [-0.05, 0) is 73.5 Å². The number of carbonyl (C=O) groups is 1.